The van der Waals surface area contributed by atoms with Gasteiger partial charge in [-0.15, -0.1) is 11.3 Å². The third kappa shape index (κ3) is 3.55. The molecule has 2 heterocycles. The Balaban J connectivity index is 1.68. The molecule has 0 atom stereocenters. The fourth-order valence-corrected chi connectivity index (χ4v) is 3.17. The van der Waals surface area contributed by atoms with Gasteiger partial charge in [-0.05, 0) is 29.6 Å². The number of carbonyl (C=O) groups excluding carboxylic acids is 1. The first-order valence-corrected chi connectivity index (χ1v) is 8.26. The van der Waals surface area contributed by atoms with E-state index in [0.717, 1.165) is 0 Å². The zero-order chi connectivity index (χ0) is 16.4. The van der Waals surface area contributed by atoms with E-state index in [1.54, 1.807) is 17.5 Å². The van der Waals surface area contributed by atoms with Crippen LogP contribution in [-0.4, -0.2) is 15.5 Å². The smallest absolute Gasteiger partial charge is 0.313 e. The monoisotopic (exact) mass is 368 g/mol. The van der Waals surface area contributed by atoms with Gasteiger partial charge in [-0.3, -0.25) is 14.2 Å². The minimum Gasteiger partial charge on any atom is -0.425 e. The van der Waals surface area contributed by atoms with Gasteiger partial charge in [0, 0.05) is 11.6 Å². The molecular weight excluding hydrogens is 359 g/mol. The number of benzene rings is 1. The average molecular weight is 369 g/mol. The second-order valence-corrected chi connectivity index (χ2v) is 6.42. The summed E-state index contributed by atoms with van der Waals surface area (Å²) >= 11 is 13.1. The van der Waals surface area contributed by atoms with E-state index in [0.29, 0.717) is 15.2 Å². The summed E-state index contributed by atoms with van der Waals surface area (Å²) in [4.78, 5) is 29.0. The van der Waals surface area contributed by atoms with Gasteiger partial charge in [0.2, 0.25) is 0 Å². The Morgan fingerprint density at radius 2 is 2.13 bits per heavy atom. The number of thiophene rings is 1. The van der Waals surface area contributed by atoms with Gasteiger partial charge in [-0.1, -0.05) is 23.2 Å². The molecule has 0 N–H and O–H groups in total. The normalized spacial score (nSPS) is 10.9. The summed E-state index contributed by atoms with van der Waals surface area (Å²) < 4.78 is 6.56. The third-order valence-electron chi connectivity index (χ3n) is 3.12. The van der Waals surface area contributed by atoms with E-state index >= 15 is 0 Å². The summed E-state index contributed by atoms with van der Waals surface area (Å²) in [5.41, 5.74) is -0.173. The quantitative estimate of drug-likeness (QED) is 0.519. The topological polar surface area (TPSA) is 61.2 Å². The first-order chi connectivity index (χ1) is 11.0. The lowest BCUT2D eigenvalue weighted by molar-refractivity contribution is -0.134. The highest BCUT2D eigenvalue weighted by Crippen LogP contribution is 2.27. The second kappa shape index (κ2) is 6.70. The number of hydrogen-bond acceptors (Lipinski definition) is 5. The number of ether oxygens (including phenoxy) is 1. The molecule has 0 aliphatic carbocycles. The van der Waals surface area contributed by atoms with Gasteiger partial charge in [-0.25, -0.2) is 4.98 Å². The van der Waals surface area contributed by atoms with Gasteiger partial charge < -0.3 is 4.74 Å². The van der Waals surface area contributed by atoms with Crippen LogP contribution in [-0.2, 0) is 11.3 Å². The molecule has 0 aliphatic rings. The predicted molar refractivity (Wildman–Crippen MR) is 90.6 cm³/mol. The van der Waals surface area contributed by atoms with Crippen LogP contribution in [0.2, 0.25) is 10.0 Å². The number of hydrogen-bond donors (Lipinski definition) is 0. The lowest BCUT2D eigenvalue weighted by atomic mass is 10.3. The second-order valence-electron chi connectivity index (χ2n) is 4.68. The number of nitrogens with zero attached hydrogens (tertiary/aromatic N) is 2. The van der Waals surface area contributed by atoms with Gasteiger partial charge in [0.1, 0.15) is 10.6 Å². The summed E-state index contributed by atoms with van der Waals surface area (Å²) in [6.07, 6.45) is 1.46. The molecule has 118 valence electrons. The van der Waals surface area contributed by atoms with E-state index in [2.05, 4.69) is 4.98 Å². The first kappa shape index (κ1) is 16.0. The fourth-order valence-electron chi connectivity index (χ4n) is 2.00. The highest BCUT2D eigenvalue weighted by molar-refractivity contribution is 7.16. The summed E-state index contributed by atoms with van der Waals surface area (Å²) in [5.74, 6) is -0.258. The molecule has 0 amide bonds. The molecule has 5 nitrogen and oxygen atoms in total. The summed E-state index contributed by atoms with van der Waals surface area (Å²) in [5, 5.41) is 3.06. The van der Waals surface area contributed by atoms with Gasteiger partial charge in [0.15, 0.2) is 0 Å². The van der Waals surface area contributed by atoms with Crippen molar-refractivity contribution < 1.29 is 9.53 Å². The summed E-state index contributed by atoms with van der Waals surface area (Å²) in [6.45, 7) is 0.182. The molecule has 23 heavy (non-hydrogen) atoms. The highest BCUT2D eigenvalue weighted by atomic mass is 35.5. The number of aromatic nitrogens is 2. The number of halogens is 2. The number of rotatable bonds is 4. The van der Waals surface area contributed by atoms with Crippen LogP contribution in [0.5, 0.6) is 5.75 Å². The third-order valence-corrected chi connectivity index (χ3v) is 4.48. The maximum atomic E-state index is 12.2. The van der Waals surface area contributed by atoms with Gasteiger partial charge in [0.25, 0.3) is 5.56 Å². The van der Waals surface area contributed by atoms with Crippen LogP contribution in [0.25, 0.3) is 10.2 Å². The van der Waals surface area contributed by atoms with E-state index in [1.807, 2.05) is 0 Å². The Morgan fingerprint density at radius 1 is 1.30 bits per heavy atom. The van der Waals surface area contributed by atoms with Crippen molar-refractivity contribution in [3.8, 4) is 5.75 Å². The van der Waals surface area contributed by atoms with Crippen molar-refractivity contribution in [3.05, 3.63) is 56.4 Å². The molecule has 1 aromatic carbocycles. The molecule has 2 aromatic heterocycles. The number of fused-ring (bicyclic) bond motifs is 1. The molecule has 0 saturated carbocycles. The molecule has 3 rings (SSSR count). The first-order valence-electron chi connectivity index (χ1n) is 6.63. The maximum absolute atomic E-state index is 12.2. The van der Waals surface area contributed by atoms with Gasteiger partial charge in [-0.2, -0.15) is 0 Å². The average Bonchev–Trinajstić information content (AvgIpc) is 2.99. The standard InChI is InChI=1S/C15H10Cl2N2O3S/c16-9-1-2-12(11(17)7-9)22-13(20)3-5-19-8-18-14-10(15(19)21)4-6-23-14/h1-2,4,6-8H,3,5H2. The highest BCUT2D eigenvalue weighted by Gasteiger charge is 2.11. The van der Waals surface area contributed by atoms with Crippen molar-refractivity contribution in [2.75, 3.05) is 0 Å². The summed E-state index contributed by atoms with van der Waals surface area (Å²) in [6, 6.07) is 6.31. The van der Waals surface area contributed by atoms with Crippen molar-refractivity contribution in [3.63, 3.8) is 0 Å². The van der Waals surface area contributed by atoms with E-state index in [4.69, 9.17) is 27.9 Å². The molecule has 0 spiro atoms. The Kier molecular flexibility index (Phi) is 4.66. The molecule has 0 unspecified atom stereocenters. The van der Waals surface area contributed by atoms with E-state index < -0.39 is 5.97 Å². The Bertz CT molecular complexity index is 936. The van der Waals surface area contributed by atoms with Crippen LogP contribution in [0.4, 0.5) is 0 Å². The minimum atomic E-state index is -0.494. The fraction of sp³-hybridized carbons (Fsp3) is 0.133. The van der Waals surface area contributed by atoms with E-state index in [9.17, 15) is 9.59 Å². The van der Waals surface area contributed by atoms with Crippen LogP contribution in [0, 0.1) is 0 Å². The molecule has 0 radical (unpaired) electrons. The summed E-state index contributed by atoms with van der Waals surface area (Å²) in [7, 11) is 0. The minimum absolute atomic E-state index is 0.0240. The number of esters is 1. The van der Waals surface area contributed by atoms with Crippen LogP contribution >= 0.6 is 34.5 Å². The SMILES string of the molecule is O=C(CCn1cnc2sccc2c1=O)Oc1ccc(Cl)cc1Cl. The van der Waals surface area contributed by atoms with Crippen molar-refractivity contribution >= 4 is 50.7 Å². The predicted octanol–water partition coefficient (Wildman–Crippen LogP) is 3.76. The lowest BCUT2D eigenvalue weighted by Gasteiger charge is -2.07. The molecule has 0 aliphatic heterocycles. The molecule has 0 bridgehead atoms. The van der Waals surface area contributed by atoms with Gasteiger partial charge >= 0.3 is 5.97 Å². The van der Waals surface area contributed by atoms with Crippen molar-refractivity contribution in [2.24, 2.45) is 0 Å². The maximum Gasteiger partial charge on any atom is 0.313 e. The molecule has 0 saturated heterocycles. The van der Waals surface area contributed by atoms with Crippen LogP contribution in [0.15, 0.2) is 40.8 Å². The van der Waals surface area contributed by atoms with Crippen LogP contribution in [0.1, 0.15) is 6.42 Å². The lowest BCUT2D eigenvalue weighted by Crippen LogP contribution is -2.22. The largest absolute Gasteiger partial charge is 0.425 e. The van der Waals surface area contributed by atoms with Crippen LogP contribution in [0.3, 0.4) is 0 Å². The molecule has 0 fully saturated rings. The van der Waals surface area contributed by atoms with Crippen molar-refractivity contribution in [1.82, 2.24) is 9.55 Å². The molecular formula is C15H10Cl2N2O3S. The van der Waals surface area contributed by atoms with Crippen LogP contribution < -0.4 is 10.3 Å². The van der Waals surface area contributed by atoms with Crippen molar-refractivity contribution in [1.29, 1.82) is 0 Å². The zero-order valence-corrected chi connectivity index (χ0v) is 14.0. The van der Waals surface area contributed by atoms with Crippen molar-refractivity contribution in [2.45, 2.75) is 13.0 Å². The zero-order valence-electron chi connectivity index (χ0n) is 11.7. The number of aryl methyl sites for hydroxylation is 1. The van der Waals surface area contributed by atoms with E-state index in [1.165, 1.54) is 34.4 Å². The number of carbonyl (C=O) groups is 1. The van der Waals surface area contributed by atoms with Gasteiger partial charge in [0.05, 0.1) is 23.2 Å². The molecule has 8 heteroatoms. The molecule has 3 aromatic rings. The Labute approximate surface area is 145 Å². The van der Waals surface area contributed by atoms with E-state index in [-0.39, 0.29) is 29.3 Å². The Morgan fingerprint density at radius 3 is 2.91 bits per heavy atom. The Hall–Kier alpha value is -1.89.